The van der Waals surface area contributed by atoms with Gasteiger partial charge in [0, 0.05) is 13.1 Å². The molecule has 124 valence electrons. The molecule has 1 aliphatic heterocycles. The van der Waals surface area contributed by atoms with Crippen LogP contribution in [0.15, 0.2) is 30.3 Å². The minimum absolute atomic E-state index is 0.0651. The maximum atomic E-state index is 12.7. The van der Waals surface area contributed by atoms with Crippen molar-refractivity contribution in [3.8, 4) is 0 Å². The van der Waals surface area contributed by atoms with Gasteiger partial charge >= 0.3 is 6.18 Å². The highest BCUT2D eigenvalue weighted by Crippen LogP contribution is 2.32. The Morgan fingerprint density at radius 3 is 2.50 bits per heavy atom. The lowest BCUT2D eigenvalue weighted by Gasteiger charge is -2.33. The van der Waals surface area contributed by atoms with E-state index in [0.29, 0.717) is 18.5 Å². The topological polar surface area (TPSA) is 37.4 Å². The summed E-state index contributed by atoms with van der Waals surface area (Å²) in [7, 11) is -3.31. The highest BCUT2D eigenvalue weighted by Gasteiger charge is 2.41. The fraction of sp³-hybridized carbons (Fsp3) is 0.600. The second-order valence-corrected chi connectivity index (χ2v) is 7.94. The van der Waals surface area contributed by atoms with Crippen LogP contribution in [0.3, 0.4) is 0 Å². The SMILES string of the molecule is O=S(=O)(CCN1CCCC(C(F)(F)F)C1)Cc1ccccc1. The van der Waals surface area contributed by atoms with E-state index >= 15 is 0 Å². The van der Waals surface area contributed by atoms with E-state index in [-0.39, 0.29) is 31.0 Å². The largest absolute Gasteiger partial charge is 0.393 e. The molecule has 1 fully saturated rings. The molecule has 1 saturated heterocycles. The van der Waals surface area contributed by atoms with E-state index in [1.165, 1.54) is 0 Å². The number of piperidine rings is 1. The molecule has 0 aliphatic carbocycles. The van der Waals surface area contributed by atoms with Crippen molar-refractivity contribution >= 4 is 9.84 Å². The van der Waals surface area contributed by atoms with Crippen LogP contribution in [0.5, 0.6) is 0 Å². The van der Waals surface area contributed by atoms with Crippen molar-refractivity contribution in [1.82, 2.24) is 4.90 Å². The van der Waals surface area contributed by atoms with Crippen LogP contribution in [0, 0.1) is 5.92 Å². The van der Waals surface area contributed by atoms with Crippen molar-refractivity contribution in [1.29, 1.82) is 0 Å². The smallest absolute Gasteiger partial charge is 0.302 e. The second-order valence-electron chi connectivity index (χ2n) is 5.76. The lowest BCUT2D eigenvalue weighted by atomic mass is 9.98. The first kappa shape index (κ1) is 17.3. The van der Waals surface area contributed by atoms with Crippen molar-refractivity contribution in [3.63, 3.8) is 0 Å². The van der Waals surface area contributed by atoms with E-state index in [9.17, 15) is 21.6 Å². The summed E-state index contributed by atoms with van der Waals surface area (Å²) < 4.78 is 62.3. The Kier molecular flexibility index (Phi) is 5.50. The van der Waals surface area contributed by atoms with Crippen LogP contribution in [0.4, 0.5) is 13.2 Å². The quantitative estimate of drug-likeness (QED) is 0.830. The average molecular weight is 335 g/mol. The molecule has 2 rings (SSSR count). The van der Waals surface area contributed by atoms with Gasteiger partial charge in [0.1, 0.15) is 0 Å². The molecule has 1 aromatic carbocycles. The summed E-state index contributed by atoms with van der Waals surface area (Å²) in [4.78, 5) is 1.62. The van der Waals surface area contributed by atoms with Crippen molar-refractivity contribution in [2.24, 2.45) is 5.92 Å². The summed E-state index contributed by atoms with van der Waals surface area (Å²) >= 11 is 0. The Hall–Kier alpha value is -1.08. The van der Waals surface area contributed by atoms with Crippen LogP contribution in [0.1, 0.15) is 18.4 Å². The molecule has 22 heavy (non-hydrogen) atoms. The minimum Gasteiger partial charge on any atom is -0.302 e. The molecule has 0 spiro atoms. The summed E-state index contributed by atoms with van der Waals surface area (Å²) in [6.07, 6.45) is -3.60. The highest BCUT2D eigenvalue weighted by molar-refractivity contribution is 7.90. The van der Waals surface area contributed by atoms with E-state index < -0.39 is 21.9 Å². The Labute approximate surface area is 129 Å². The Morgan fingerprint density at radius 2 is 1.86 bits per heavy atom. The first-order valence-electron chi connectivity index (χ1n) is 7.30. The van der Waals surface area contributed by atoms with Crippen LogP contribution < -0.4 is 0 Å². The summed E-state index contributed by atoms with van der Waals surface area (Å²) in [5.41, 5.74) is 0.703. The van der Waals surface area contributed by atoms with Gasteiger partial charge in [-0.15, -0.1) is 0 Å². The standard InChI is InChI=1S/C15H20F3NO2S/c16-15(17,18)14-7-4-8-19(11-14)9-10-22(20,21)12-13-5-2-1-3-6-13/h1-3,5-6,14H,4,7-12H2. The number of benzene rings is 1. The first-order chi connectivity index (χ1) is 10.3. The van der Waals surface area contributed by atoms with Gasteiger partial charge in [-0.2, -0.15) is 13.2 Å². The van der Waals surface area contributed by atoms with Gasteiger partial charge in [-0.1, -0.05) is 30.3 Å². The zero-order chi connectivity index (χ0) is 16.2. The van der Waals surface area contributed by atoms with Crippen molar-refractivity contribution < 1.29 is 21.6 Å². The van der Waals surface area contributed by atoms with Gasteiger partial charge in [0.15, 0.2) is 9.84 Å². The summed E-state index contributed by atoms with van der Waals surface area (Å²) in [5.74, 6) is -1.50. The van der Waals surface area contributed by atoms with Gasteiger partial charge in [0.25, 0.3) is 0 Å². The monoisotopic (exact) mass is 335 g/mol. The first-order valence-corrected chi connectivity index (χ1v) is 9.12. The Bertz CT molecular complexity index is 572. The van der Waals surface area contributed by atoms with Crippen LogP contribution >= 0.6 is 0 Å². The summed E-state index contributed by atoms with van der Waals surface area (Å²) in [6, 6.07) is 8.81. The van der Waals surface area contributed by atoms with Crippen molar-refractivity contribution in [2.75, 3.05) is 25.4 Å². The normalized spacial score (nSPS) is 21.0. The molecule has 3 nitrogen and oxygen atoms in total. The second kappa shape index (κ2) is 7.00. The predicted molar refractivity (Wildman–Crippen MR) is 79.2 cm³/mol. The molecular weight excluding hydrogens is 315 g/mol. The van der Waals surface area contributed by atoms with Crippen molar-refractivity contribution in [2.45, 2.75) is 24.8 Å². The molecule has 7 heteroatoms. The minimum atomic E-state index is -4.19. The van der Waals surface area contributed by atoms with E-state index in [0.717, 1.165) is 0 Å². The van der Waals surface area contributed by atoms with Crippen LogP contribution in [0.2, 0.25) is 0 Å². The molecule has 1 unspecified atom stereocenters. The Balaban J connectivity index is 1.86. The number of hydrogen-bond acceptors (Lipinski definition) is 3. The van der Waals surface area contributed by atoms with Gasteiger partial charge in [0.2, 0.25) is 0 Å². The molecule has 1 aliphatic rings. The van der Waals surface area contributed by atoms with Gasteiger partial charge in [0.05, 0.1) is 17.4 Å². The third-order valence-electron chi connectivity index (χ3n) is 3.92. The molecule has 0 saturated carbocycles. The number of likely N-dealkylation sites (tertiary alicyclic amines) is 1. The maximum absolute atomic E-state index is 12.7. The zero-order valence-electron chi connectivity index (χ0n) is 12.2. The van der Waals surface area contributed by atoms with Crippen LogP contribution in [-0.2, 0) is 15.6 Å². The summed E-state index contributed by atoms with van der Waals surface area (Å²) in [5, 5.41) is 0. The fourth-order valence-electron chi connectivity index (χ4n) is 2.69. The average Bonchev–Trinajstić information content (AvgIpc) is 2.45. The molecule has 0 N–H and O–H groups in total. The van der Waals surface area contributed by atoms with Gasteiger partial charge in [-0.05, 0) is 24.9 Å². The number of rotatable bonds is 5. The molecular formula is C15H20F3NO2S. The zero-order valence-corrected chi connectivity index (χ0v) is 13.0. The molecule has 0 bridgehead atoms. The number of nitrogens with zero attached hydrogens (tertiary/aromatic N) is 1. The number of halogens is 3. The highest BCUT2D eigenvalue weighted by atomic mass is 32.2. The molecule has 0 aromatic heterocycles. The van der Waals surface area contributed by atoms with E-state index in [4.69, 9.17) is 0 Å². The lowest BCUT2D eigenvalue weighted by molar-refractivity contribution is -0.186. The number of hydrogen-bond donors (Lipinski definition) is 0. The van der Waals surface area contributed by atoms with Gasteiger partial charge in [-0.3, -0.25) is 0 Å². The van der Waals surface area contributed by atoms with E-state index in [1.807, 2.05) is 0 Å². The van der Waals surface area contributed by atoms with Crippen LogP contribution in [-0.4, -0.2) is 44.9 Å². The summed E-state index contributed by atoms with van der Waals surface area (Å²) in [6.45, 7) is 0.611. The third kappa shape index (κ3) is 5.28. The molecule has 1 aromatic rings. The van der Waals surface area contributed by atoms with E-state index in [1.54, 1.807) is 35.2 Å². The molecule has 1 atom stereocenters. The molecule has 0 radical (unpaired) electrons. The lowest BCUT2D eigenvalue weighted by Crippen LogP contribution is -2.43. The van der Waals surface area contributed by atoms with Gasteiger partial charge in [-0.25, -0.2) is 8.42 Å². The van der Waals surface area contributed by atoms with Crippen molar-refractivity contribution in [3.05, 3.63) is 35.9 Å². The van der Waals surface area contributed by atoms with Crippen LogP contribution in [0.25, 0.3) is 0 Å². The number of sulfone groups is 1. The van der Waals surface area contributed by atoms with Gasteiger partial charge < -0.3 is 4.90 Å². The van der Waals surface area contributed by atoms with E-state index in [2.05, 4.69) is 0 Å². The predicted octanol–water partition coefficient (Wildman–Crippen LogP) is 2.88. The third-order valence-corrected chi connectivity index (χ3v) is 5.49. The Morgan fingerprint density at radius 1 is 1.18 bits per heavy atom. The fourth-order valence-corrected chi connectivity index (χ4v) is 4.08. The molecule has 1 heterocycles. The maximum Gasteiger partial charge on any atom is 0.393 e. The number of alkyl halides is 3. The molecule has 0 amide bonds.